The van der Waals surface area contributed by atoms with Crippen LogP contribution in [-0.4, -0.2) is 104 Å². The number of carbonyl (C=O) groups excluding carboxylic acids is 4. The molecule has 3 unspecified atom stereocenters. The standard InChI is InChI=1S/C30H42N4O8/c1-19(31-24(35)17-34-12-14-41-15-13-34)28(38)33-25(26(36)21-8-10-22(40-3)11-9-21)29(39)32-23(16-20-6-4-5-7-20)27(37)30(2)18-42-30/h6,8-11,19,23,25-26,36H,4-5,7,12-18H2,1-3H3,(H,31,35)(H,32,39)(H,33,38)/t19?,23?,25-,26+,30?/m0/s1. The molecule has 12 nitrogen and oxygen atoms in total. The number of allylic oxidation sites excluding steroid dienone is 1. The highest BCUT2D eigenvalue weighted by Crippen LogP contribution is 2.31. The smallest absolute Gasteiger partial charge is 0.246 e. The first kappa shape index (κ1) is 31.6. The lowest BCUT2D eigenvalue weighted by Gasteiger charge is -2.29. The van der Waals surface area contributed by atoms with E-state index in [9.17, 15) is 24.3 Å². The Bertz CT molecular complexity index is 1160. The quantitative estimate of drug-likeness (QED) is 0.179. The third-order valence-electron chi connectivity index (χ3n) is 7.93. The zero-order chi connectivity index (χ0) is 30.3. The van der Waals surface area contributed by atoms with Crippen LogP contribution in [0.4, 0.5) is 0 Å². The van der Waals surface area contributed by atoms with E-state index in [1.807, 2.05) is 4.90 Å². The van der Waals surface area contributed by atoms with Gasteiger partial charge < -0.3 is 35.3 Å². The van der Waals surface area contributed by atoms with Gasteiger partial charge in [-0.3, -0.25) is 24.1 Å². The summed E-state index contributed by atoms with van der Waals surface area (Å²) in [4.78, 5) is 54.8. The molecule has 42 heavy (non-hydrogen) atoms. The average Bonchev–Trinajstić information content (AvgIpc) is 3.53. The van der Waals surface area contributed by atoms with Crippen molar-refractivity contribution in [2.75, 3.05) is 46.6 Å². The molecule has 1 aromatic rings. The molecule has 0 saturated carbocycles. The number of aliphatic hydroxyl groups is 1. The Kier molecular flexibility index (Phi) is 10.7. The predicted octanol–water partition coefficient (Wildman–Crippen LogP) is 0.394. The second-order valence-corrected chi connectivity index (χ2v) is 11.3. The number of Topliss-reactive ketones (excluding diaryl/α,β-unsaturated/α-hetero) is 1. The van der Waals surface area contributed by atoms with Gasteiger partial charge >= 0.3 is 0 Å². The highest BCUT2D eigenvalue weighted by atomic mass is 16.6. The lowest BCUT2D eigenvalue weighted by Crippen LogP contribution is -2.58. The molecule has 2 fully saturated rings. The second kappa shape index (κ2) is 14.2. The maximum Gasteiger partial charge on any atom is 0.246 e. The van der Waals surface area contributed by atoms with Gasteiger partial charge in [-0.2, -0.15) is 0 Å². The number of morpholine rings is 1. The van der Waals surface area contributed by atoms with Gasteiger partial charge in [0.1, 0.15) is 29.5 Å². The number of hydrogen-bond donors (Lipinski definition) is 4. The van der Waals surface area contributed by atoms with Crippen molar-refractivity contribution >= 4 is 23.5 Å². The lowest BCUT2D eigenvalue weighted by molar-refractivity contribution is -0.136. The number of epoxide rings is 1. The third kappa shape index (κ3) is 8.37. The molecule has 3 amide bonds. The number of nitrogens with zero attached hydrogens (tertiary/aromatic N) is 1. The number of amides is 3. The summed E-state index contributed by atoms with van der Waals surface area (Å²) >= 11 is 0. The van der Waals surface area contributed by atoms with Crippen molar-refractivity contribution in [2.24, 2.45) is 0 Å². The van der Waals surface area contributed by atoms with Gasteiger partial charge in [0, 0.05) is 13.1 Å². The molecule has 4 rings (SSSR count). The summed E-state index contributed by atoms with van der Waals surface area (Å²) in [5.41, 5.74) is 0.467. The zero-order valence-corrected chi connectivity index (χ0v) is 24.5. The Balaban J connectivity index is 1.48. The van der Waals surface area contributed by atoms with E-state index in [1.165, 1.54) is 14.0 Å². The van der Waals surface area contributed by atoms with E-state index in [1.54, 1.807) is 31.2 Å². The summed E-state index contributed by atoms with van der Waals surface area (Å²) in [5.74, 6) is -1.42. The summed E-state index contributed by atoms with van der Waals surface area (Å²) in [6.07, 6.45) is 3.70. The Hall–Kier alpha value is -3.32. The highest BCUT2D eigenvalue weighted by molar-refractivity contribution is 5.98. The van der Waals surface area contributed by atoms with Gasteiger partial charge in [-0.15, -0.1) is 0 Å². The first-order valence-corrected chi connectivity index (χ1v) is 14.5. The maximum absolute atomic E-state index is 13.7. The van der Waals surface area contributed by atoms with Crippen LogP contribution in [0.2, 0.25) is 0 Å². The van der Waals surface area contributed by atoms with Gasteiger partial charge in [0.25, 0.3) is 0 Å². The Morgan fingerprint density at radius 3 is 2.36 bits per heavy atom. The summed E-state index contributed by atoms with van der Waals surface area (Å²) in [5, 5.41) is 19.4. The zero-order valence-electron chi connectivity index (χ0n) is 24.5. The number of ketones is 1. The number of carbonyl (C=O) groups is 4. The van der Waals surface area contributed by atoms with Crippen LogP contribution in [-0.2, 0) is 28.7 Å². The molecular formula is C30H42N4O8. The molecule has 12 heteroatoms. The van der Waals surface area contributed by atoms with Crippen LogP contribution < -0.4 is 20.7 Å². The van der Waals surface area contributed by atoms with Gasteiger partial charge in [-0.25, -0.2) is 0 Å². The molecule has 1 aliphatic carbocycles. The van der Waals surface area contributed by atoms with Gasteiger partial charge in [0.05, 0.1) is 39.5 Å². The number of hydrogen-bond acceptors (Lipinski definition) is 9. The summed E-state index contributed by atoms with van der Waals surface area (Å²) in [7, 11) is 1.51. The van der Waals surface area contributed by atoms with Crippen molar-refractivity contribution < 1.29 is 38.5 Å². The van der Waals surface area contributed by atoms with Crippen molar-refractivity contribution in [2.45, 2.75) is 69.4 Å². The lowest BCUT2D eigenvalue weighted by atomic mass is 9.93. The van der Waals surface area contributed by atoms with Crippen molar-refractivity contribution in [3.63, 3.8) is 0 Å². The number of nitrogens with one attached hydrogen (secondary N) is 3. The van der Waals surface area contributed by atoms with E-state index in [-0.39, 0.29) is 24.8 Å². The van der Waals surface area contributed by atoms with Crippen LogP contribution in [0, 0.1) is 0 Å². The minimum atomic E-state index is -1.45. The number of rotatable bonds is 14. The molecule has 4 N–H and O–H groups in total. The van der Waals surface area contributed by atoms with Crippen LogP contribution in [0.5, 0.6) is 5.75 Å². The summed E-state index contributed by atoms with van der Waals surface area (Å²) in [6, 6.07) is 3.12. The largest absolute Gasteiger partial charge is 0.497 e. The topological polar surface area (TPSA) is 159 Å². The second-order valence-electron chi connectivity index (χ2n) is 11.3. The van der Waals surface area contributed by atoms with E-state index in [4.69, 9.17) is 14.2 Å². The van der Waals surface area contributed by atoms with Gasteiger partial charge in [0.15, 0.2) is 5.78 Å². The number of aliphatic hydroxyl groups excluding tert-OH is 1. The van der Waals surface area contributed by atoms with Crippen LogP contribution in [0.25, 0.3) is 0 Å². The molecule has 2 saturated heterocycles. The predicted molar refractivity (Wildman–Crippen MR) is 153 cm³/mol. The Labute approximate surface area is 246 Å². The molecule has 0 spiro atoms. The fraction of sp³-hybridized carbons (Fsp3) is 0.600. The normalized spacial score (nSPS) is 23.1. The number of ether oxygens (including phenoxy) is 3. The van der Waals surface area contributed by atoms with Crippen molar-refractivity contribution in [3.05, 3.63) is 41.5 Å². The summed E-state index contributed by atoms with van der Waals surface area (Å²) in [6.45, 7) is 5.88. The molecule has 0 bridgehead atoms. The summed E-state index contributed by atoms with van der Waals surface area (Å²) < 4.78 is 15.9. The fourth-order valence-corrected chi connectivity index (χ4v) is 5.15. The van der Waals surface area contributed by atoms with Crippen LogP contribution in [0.3, 0.4) is 0 Å². The van der Waals surface area contributed by atoms with Gasteiger partial charge in [-0.1, -0.05) is 23.8 Å². The van der Waals surface area contributed by atoms with E-state index in [0.717, 1.165) is 24.8 Å². The average molecular weight is 587 g/mol. The van der Waals surface area contributed by atoms with E-state index in [2.05, 4.69) is 22.0 Å². The van der Waals surface area contributed by atoms with Crippen molar-refractivity contribution in [3.8, 4) is 5.75 Å². The minimum absolute atomic E-state index is 0.111. The molecule has 5 atom stereocenters. The fourth-order valence-electron chi connectivity index (χ4n) is 5.15. The first-order valence-electron chi connectivity index (χ1n) is 14.5. The number of benzene rings is 1. The van der Waals surface area contributed by atoms with Crippen molar-refractivity contribution in [1.29, 1.82) is 0 Å². The van der Waals surface area contributed by atoms with E-state index in [0.29, 0.717) is 44.0 Å². The molecule has 230 valence electrons. The number of methoxy groups -OCH3 is 1. The monoisotopic (exact) mass is 586 g/mol. The van der Waals surface area contributed by atoms with Crippen LogP contribution in [0.15, 0.2) is 35.9 Å². The van der Waals surface area contributed by atoms with Gasteiger partial charge in [-0.05, 0) is 57.2 Å². The Morgan fingerprint density at radius 1 is 1.07 bits per heavy atom. The molecule has 0 aromatic heterocycles. The highest BCUT2D eigenvalue weighted by Gasteiger charge is 2.50. The minimum Gasteiger partial charge on any atom is -0.497 e. The third-order valence-corrected chi connectivity index (χ3v) is 7.93. The van der Waals surface area contributed by atoms with Crippen molar-refractivity contribution in [1.82, 2.24) is 20.9 Å². The SMILES string of the molecule is COc1ccc([C@@H](O)[C@H](NC(=O)C(C)NC(=O)CN2CCOCC2)C(=O)NC(CC2=CCCC2)C(=O)C2(C)CO2)cc1. The van der Waals surface area contributed by atoms with E-state index >= 15 is 0 Å². The molecule has 1 aromatic carbocycles. The van der Waals surface area contributed by atoms with Gasteiger partial charge in [0.2, 0.25) is 17.7 Å². The molecule has 2 aliphatic heterocycles. The van der Waals surface area contributed by atoms with Crippen LogP contribution in [0.1, 0.15) is 51.2 Å². The van der Waals surface area contributed by atoms with E-state index < -0.39 is 41.6 Å². The molecule has 2 heterocycles. The first-order chi connectivity index (χ1) is 20.1. The molecular weight excluding hydrogens is 544 g/mol. The Morgan fingerprint density at radius 2 is 1.76 bits per heavy atom. The molecule has 3 aliphatic rings. The molecule has 0 radical (unpaired) electrons. The van der Waals surface area contributed by atoms with Crippen LogP contribution >= 0.6 is 0 Å². The maximum atomic E-state index is 13.7.